The van der Waals surface area contributed by atoms with E-state index in [4.69, 9.17) is 9.73 Å². The second-order valence-electron chi connectivity index (χ2n) is 9.05. The van der Waals surface area contributed by atoms with E-state index in [0.29, 0.717) is 12.0 Å². The molecule has 0 radical (unpaired) electrons. The predicted octanol–water partition coefficient (Wildman–Crippen LogP) is 7.98. The summed E-state index contributed by atoms with van der Waals surface area (Å²) >= 11 is 0. The normalized spacial score (nSPS) is 18.4. The molecule has 0 saturated heterocycles. The zero-order valence-corrected chi connectivity index (χ0v) is 19.5. The largest absolute Gasteiger partial charge is 0.476 e. The van der Waals surface area contributed by atoms with Crippen molar-refractivity contribution in [1.82, 2.24) is 0 Å². The molecule has 0 aromatic carbocycles. The van der Waals surface area contributed by atoms with E-state index in [1.165, 1.54) is 35.1 Å². The lowest BCUT2D eigenvalue weighted by atomic mass is 10.0. The highest BCUT2D eigenvalue weighted by molar-refractivity contribution is 5.89. The van der Waals surface area contributed by atoms with Gasteiger partial charge in [-0.3, -0.25) is 0 Å². The van der Waals surface area contributed by atoms with Gasteiger partial charge in [-0.2, -0.15) is 0 Å². The van der Waals surface area contributed by atoms with E-state index >= 15 is 0 Å². The Kier molecular flexibility index (Phi) is 11.9. The molecule has 1 unspecified atom stereocenters. The molecule has 0 amide bonds. The summed E-state index contributed by atoms with van der Waals surface area (Å²) in [6.07, 6.45) is 17.2. The molecular formula is C26H43NO. The minimum Gasteiger partial charge on any atom is -0.476 e. The van der Waals surface area contributed by atoms with Gasteiger partial charge >= 0.3 is 0 Å². The van der Waals surface area contributed by atoms with E-state index in [1.807, 2.05) is 0 Å². The third-order valence-corrected chi connectivity index (χ3v) is 5.00. The number of allylic oxidation sites excluding steroid dienone is 7. The average Bonchev–Trinajstić information content (AvgIpc) is 3.00. The van der Waals surface area contributed by atoms with Crippen LogP contribution >= 0.6 is 0 Å². The summed E-state index contributed by atoms with van der Waals surface area (Å²) < 4.78 is 5.73. The molecular weight excluding hydrogens is 342 g/mol. The van der Waals surface area contributed by atoms with Crippen LogP contribution in [0.15, 0.2) is 51.6 Å². The lowest BCUT2D eigenvalue weighted by Gasteiger charge is -2.06. The van der Waals surface area contributed by atoms with Gasteiger partial charge in [0.1, 0.15) is 6.61 Å². The average molecular weight is 386 g/mol. The molecule has 0 fully saturated rings. The van der Waals surface area contributed by atoms with Gasteiger partial charge in [-0.25, -0.2) is 4.99 Å². The third-order valence-electron chi connectivity index (χ3n) is 5.00. The number of aliphatic imine (C=N–C) groups is 1. The topological polar surface area (TPSA) is 21.6 Å². The lowest BCUT2D eigenvalue weighted by Crippen LogP contribution is -2.09. The molecule has 1 aliphatic heterocycles. The first kappa shape index (κ1) is 24.5. The minimum absolute atomic E-state index is 0.347. The number of hydrogen-bond acceptors (Lipinski definition) is 2. The standard InChI is InChI=1S/C26H43NO/c1-20(2)11-8-12-22(5)13-9-14-23(6)15-10-16-24(7)18-26-27-25(19-28-26)17-21(3)4/h11,13,15,18,21,25H,8-10,12,14,16-17,19H2,1-7H3. The van der Waals surface area contributed by atoms with Crippen LogP contribution in [0.5, 0.6) is 0 Å². The fraction of sp³-hybridized carbons (Fsp3) is 0.654. The Hall–Kier alpha value is -1.57. The molecule has 1 aliphatic rings. The van der Waals surface area contributed by atoms with Crippen LogP contribution in [-0.4, -0.2) is 18.5 Å². The molecule has 0 saturated carbocycles. The molecule has 2 nitrogen and oxygen atoms in total. The first-order valence-electron chi connectivity index (χ1n) is 11.1. The first-order valence-corrected chi connectivity index (χ1v) is 11.1. The van der Waals surface area contributed by atoms with Crippen LogP contribution in [0.2, 0.25) is 0 Å². The summed E-state index contributed by atoms with van der Waals surface area (Å²) in [5.41, 5.74) is 5.77. The number of hydrogen-bond donors (Lipinski definition) is 0. The van der Waals surface area contributed by atoms with Crippen molar-refractivity contribution in [2.75, 3.05) is 6.61 Å². The summed E-state index contributed by atoms with van der Waals surface area (Å²) in [6.45, 7) is 16.3. The Morgan fingerprint density at radius 1 is 0.893 bits per heavy atom. The van der Waals surface area contributed by atoms with Crippen LogP contribution in [0.1, 0.15) is 93.4 Å². The number of ether oxygens (including phenoxy) is 1. The Labute approximate surface area is 174 Å². The predicted molar refractivity (Wildman–Crippen MR) is 125 cm³/mol. The Morgan fingerprint density at radius 2 is 1.43 bits per heavy atom. The molecule has 158 valence electrons. The van der Waals surface area contributed by atoms with Crippen LogP contribution in [0, 0.1) is 5.92 Å². The van der Waals surface area contributed by atoms with Crippen molar-refractivity contribution >= 4 is 5.90 Å². The highest BCUT2D eigenvalue weighted by atomic mass is 16.5. The third kappa shape index (κ3) is 12.0. The number of rotatable bonds is 12. The zero-order valence-electron chi connectivity index (χ0n) is 19.5. The smallest absolute Gasteiger partial charge is 0.208 e. The van der Waals surface area contributed by atoms with Gasteiger partial charge in [-0.05, 0) is 91.6 Å². The summed E-state index contributed by atoms with van der Waals surface area (Å²) in [7, 11) is 0. The van der Waals surface area contributed by atoms with Gasteiger partial charge in [-0.15, -0.1) is 0 Å². The van der Waals surface area contributed by atoms with Gasteiger partial charge in [0.15, 0.2) is 0 Å². The van der Waals surface area contributed by atoms with Crippen molar-refractivity contribution in [2.45, 2.75) is 99.5 Å². The van der Waals surface area contributed by atoms with Gasteiger partial charge in [-0.1, -0.05) is 54.4 Å². The zero-order chi connectivity index (χ0) is 20.9. The van der Waals surface area contributed by atoms with Crippen molar-refractivity contribution in [2.24, 2.45) is 10.9 Å². The SMILES string of the molecule is CC(C)=CCCC(C)=CCCC(C)=CCCC(C)=CC1=NC(CC(C)C)CO1. The maximum Gasteiger partial charge on any atom is 0.208 e. The van der Waals surface area contributed by atoms with Gasteiger partial charge in [0.05, 0.1) is 6.04 Å². The summed E-state index contributed by atoms with van der Waals surface area (Å²) in [5, 5.41) is 0. The molecule has 0 bridgehead atoms. The molecule has 1 heterocycles. The lowest BCUT2D eigenvalue weighted by molar-refractivity contribution is 0.302. The first-order chi connectivity index (χ1) is 13.3. The minimum atomic E-state index is 0.347. The van der Waals surface area contributed by atoms with Gasteiger partial charge in [0.25, 0.3) is 0 Å². The summed E-state index contributed by atoms with van der Waals surface area (Å²) in [5.74, 6) is 1.50. The molecule has 0 aromatic heterocycles. The van der Waals surface area contributed by atoms with E-state index in [9.17, 15) is 0 Å². The van der Waals surface area contributed by atoms with Crippen LogP contribution in [0.3, 0.4) is 0 Å². The molecule has 28 heavy (non-hydrogen) atoms. The van der Waals surface area contributed by atoms with Crippen molar-refractivity contribution < 1.29 is 4.74 Å². The van der Waals surface area contributed by atoms with Crippen LogP contribution < -0.4 is 0 Å². The highest BCUT2D eigenvalue weighted by Gasteiger charge is 2.18. The van der Waals surface area contributed by atoms with Crippen LogP contribution in [-0.2, 0) is 4.74 Å². The molecule has 0 aromatic rings. The maximum atomic E-state index is 5.73. The quantitative estimate of drug-likeness (QED) is 0.312. The van der Waals surface area contributed by atoms with Crippen LogP contribution in [0.25, 0.3) is 0 Å². The van der Waals surface area contributed by atoms with E-state index in [2.05, 4.69) is 72.8 Å². The van der Waals surface area contributed by atoms with E-state index in [0.717, 1.165) is 44.6 Å². The van der Waals surface area contributed by atoms with E-state index in [1.54, 1.807) is 0 Å². The molecule has 1 rings (SSSR count). The molecule has 1 atom stereocenters. The summed E-state index contributed by atoms with van der Waals surface area (Å²) in [6, 6.07) is 0.347. The maximum absolute atomic E-state index is 5.73. The molecule has 0 N–H and O–H groups in total. The van der Waals surface area contributed by atoms with Crippen molar-refractivity contribution in [3.63, 3.8) is 0 Å². The van der Waals surface area contributed by atoms with Crippen molar-refractivity contribution in [3.8, 4) is 0 Å². The van der Waals surface area contributed by atoms with E-state index in [-0.39, 0.29) is 0 Å². The highest BCUT2D eigenvalue weighted by Crippen LogP contribution is 2.17. The Balaban J connectivity index is 2.31. The van der Waals surface area contributed by atoms with E-state index < -0.39 is 0 Å². The fourth-order valence-electron chi connectivity index (χ4n) is 3.35. The second kappa shape index (κ2) is 13.6. The van der Waals surface area contributed by atoms with Crippen molar-refractivity contribution in [3.05, 3.63) is 46.6 Å². The Bertz CT molecular complexity index is 612. The fourth-order valence-corrected chi connectivity index (χ4v) is 3.35. The van der Waals surface area contributed by atoms with Crippen LogP contribution in [0.4, 0.5) is 0 Å². The second-order valence-corrected chi connectivity index (χ2v) is 9.05. The Morgan fingerprint density at radius 3 is 1.96 bits per heavy atom. The van der Waals surface area contributed by atoms with Gasteiger partial charge in [0, 0.05) is 0 Å². The molecule has 2 heteroatoms. The monoisotopic (exact) mass is 385 g/mol. The number of nitrogens with zero attached hydrogens (tertiary/aromatic N) is 1. The van der Waals surface area contributed by atoms with Gasteiger partial charge in [0.2, 0.25) is 5.90 Å². The van der Waals surface area contributed by atoms with Gasteiger partial charge < -0.3 is 4.74 Å². The molecule has 0 spiro atoms. The van der Waals surface area contributed by atoms with Crippen molar-refractivity contribution in [1.29, 1.82) is 0 Å². The summed E-state index contributed by atoms with van der Waals surface area (Å²) in [4.78, 5) is 4.69. The molecule has 0 aliphatic carbocycles.